The molecule has 0 N–H and O–H groups in total. The van der Waals surface area contributed by atoms with Crippen molar-refractivity contribution in [1.29, 1.82) is 5.26 Å². The van der Waals surface area contributed by atoms with Crippen molar-refractivity contribution in [2.45, 2.75) is 0 Å². The number of hydrogen-bond donors (Lipinski definition) is 0. The lowest BCUT2D eigenvalue weighted by molar-refractivity contribution is 1.08. The molecular formula is C34H20N4S. The third-order valence-electron chi connectivity index (χ3n) is 6.77. The summed E-state index contributed by atoms with van der Waals surface area (Å²) < 4.78 is 2.35. The van der Waals surface area contributed by atoms with E-state index >= 15 is 0 Å². The normalized spacial score (nSPS) is 11.1. The summed E-state index contributed by atoms with van der Waals surface area (Å²) in [5.41, 5.74) is 5.56. The van der Waals surface area contributed by atoms with E-state index in [0.717, 1.165) is 37.9 Å². The van der Waals surface area contributed by atoms with Gasteiger partial charge in [0.25, 0.3) is 0 Å². The number of thiophene rings is 1. The minimum Gasteiger partial charge on any atom is -0.208 e. The second-order valence-corrected chi connectivity index (χ2v) is 10.3. The van der Waals surface area contributed by atoms with Gasteiger partial charge in [0.05, 0.1) is 11.6 Å². The fourth-order valence-electron chi connectivity index (χ4n) is 4.83. The third kappa shape index (κ3) is 4.23. The zero-order valence-electron chi connectivity index (χ0n) is 20.7. The van der Waals surface area contributed by atoms with Crippen LogP contribution in [-0.2, 0) is 0 Å². The van der Waals surface area contributed by atoms with Gasteiger partial charge in [0.1, 0.15) is 0 Å². The number of fused-ring (bicyclic) bond motifs is 3. The number of benzene rings is 5. The predicted molar refractivity (Wildman–Crippen MR) is 159 cm³/mol. The molecule has 0 saturated carbocycles. The first-order valence-electron chi connectivity index (χ1n) is 12.6. The Labute approximate surface area is 229 Å². The summed E-state index contributed by atoms with van der Waals surface area (Å²) in [5, 5.41) is 11.7. The van der Waals surface area contributed by atoms with Gasteiger partial charge in [0.2, 0.25) is 0 Å². The summed E-state index contributed by atoms with van der Waals surface area (Å²) >= 11 is 1.75. The van der Waals surface area contributed by atoms with Gasteiger partial charge in [-0.25, -0.2) is 15.0 Å². The van der Waals surface area contributed by atoms with Crippen LogP contribution in [0.5, 0.6) is 0 Å². The molecule has 7 rings (SSSR count). The van der Waals surface area contributed by atoms with Gasteiger partial charge in [-0.2, -0.15) is 5.26 Å². The lowest BCUT2D eigenvalue weighted by atomic mass is 9.98. The number of aromatic nitrogens is 3. The summed E-state index contributed by atoms with van der Waals surface area (Å²) in [4.78, 5) is 14.9. The maximum atomic E-state index is 9.29. The molecule has 4 nitrogen and oxygen atoms in total. The van der Waals surface area contributed by atoms with Gasteiger partial charge in [-0.05, 0) is 41.5 Å². The predicted octanol–water partition coefficient (Wildman–Crippen LogP) is 8.78. The molecule has 7 aromatic rings. The molecule has 0 atom stereocenters. The first-order valence-corrected chi connectivity index (χ1v) is 13.4. The van der Waals surface area contributed by atoms with E-state index in [0.29, 0.717) is 23.0 Å². The largest absolute Gasteiger partial charge is 0.208 e. The zero-order chi connectivity index (χ0) is 26.2. The van der Waals surface area contributed by atoms with Crippen LogP contribution in [0.4, 0.5) is 0 Å². The smallest absolute Gasteiger partial charge is 0.165 e. The Bertz CT molecular complexity index is 1950. The van der Waals surface area contributed by atoms with Gasteiger partial charge < -0.3 is 0 Å². The van der Waals surface area contributed by atoms with E-state index in [4.69, 9.17) is 15.0 Å². The molecular weight excluding hydrogens is 496 g/mol. The Kier molecular flexibility index (Phi) is 5.66. The Balaban J connectivity index is 1.53. The lowest BCUT2D eigenvalue weighted by Crippen LogP contribution is -2.00. The highest BCUT2D eigenvalue weighted by molar-refractivity contribution is 7.26. The monoisotopic (exact) mass is 516 g/mol. The summed E-state index contributed by atoms with van der Waals surface area (Å²) in [5.74, 6) is 1.91. The topological polar surface area (TPSA) is 62.5 Å². The van der Waals surface area contributed by atoms with E-state index in [-0.39, 0.29) is 0 Å². The molecule has 0 aliphatic rings. The van der Waals surface area contributed by atoms with Crippen LogP contribution >= 0.6 is 11.3 Å². The molecule has 2 aromatic heterocycles. The van der Waals surface area contributed by atoms with E-state index in [1.165, 1.54) is 10.1 Å². The van der Waals surface area contributed by atoms with Crippen LogP contribution in [-0.4, -0.2) is 15.0 Å². The molecule has 0 aliphatic carbocycles. The molecule has 182 valence electrons. The van der Waals surface area contributed by atoms with Gasteiger partial charge in [-0.15, -0.1) is 11.3 Å². The molecule has 5 aromatic carbocycles. The molecule has 0 amide bonds. The van der Waals surface area contributed by atoms with E-state index in [2.05, 4.69) is 42.5 Å². The van der Waals surface area contributed by atoms with Crippen molar-refractivity contribution < 1.29 is 0 Å². The Morgan fingerprint density at radius 1 is 0.513 bits per heavy atom. The van der Waals surface area contributed by atoms with Gasteiger partial charge in [-0.1, -0.05) is 91.0 Å². The number of nitriles is 1. The summed E-state index contributed by atoms with van der Waals surface area (Å²) in [6.45, 7) is 0. The van der Waals surface area contributed by atoms with Crippen LogP contribution in [0.3, 0.4) is 0 Å². The van der Waals surface area contributed by atoms with Gasteiger partial charge >= 0.3 is 0 Å². The van der Waals surface area contributed by atoms with Crippen molar-refractivity contribution in [1.82, 2.24) is 15.0 Å². The number of nitrogens with zero attached hydrogens (tertiary/aromatic N) is 4. The van der Waals surface area contributed by atoms with Crippen LogP contribution < -0.4 is 0 Å². The molecule has 0 aliphatic heterocycles. The zero-order valence-corrected chi connectivity index (χ0v) is 21.6. The van der Waals surface area contributed by atoms with Crippen LogP contribution in [0.2, 0.25) is 0 Å². The number of hydrogen-bond acceptors (Lipinski definition) is 5. The van der Waals surface area contributed by atoms with Crippen molar-refractivity contribution in [3.05, 3.63) is 127 Å². The highest BCUT2D eigenvalue weighted by atomic mass is 32.1. The molecule has 0 fully saturated rings. The van der Waals surface area contributed by atoms with Crippen molar-refractivity contribution >= 4 is 31.5 Å². The molecule has 2 heterocycles. The van der Waals surface area contributed by atoms with Crippen molar-refractivity contribution in [2.24, 2.45) is 0 Å². The van der Waals surface area contributed by atoms with Crippen molar-refractivity contribution in [3.63, 3.8) is 0 Å². The van der Waals surface area contributed by atoms with E-state index in [9.17, 15) is 5.26 Å². The molecule has 0 radical (unpaired) electrons. The molecule has 0 bridgehead atoms. The standard InChI is InChI=1S/C34H20N4S/c35-21-22-15-17-23(18-16-22)26-19-28-27-13-7-8-14-30(27)39-31(28)29(20-26)34-37-32(24-9-3-1-4-10-24)36-33(38-34)25-11-5-2-6-12-25/h1-20H. The van der Waals surface area contributed by atoms with Crippen LogP contribution in [0, 0.1) is 11.3 Å². The summed E-state index contributed by atoms with van der Waals surface area (Å²) in [6, 6.07) is 42.8. The van der Waals surface area contributed by atoms with E-state index in [1.807, 2.05) is 84.9 Å². The SMILES string of the molecule is N#Cc1ccc(-c2cc(-c3nc(-c4ccccc4)nc(-c4ccccc4)n3)c3sc4ccccc4c3c2)cc1. The molecule has 5 heteroatoms. The maximum absolute atomic E-state index is 9.29. The quantitative estimate of drug-likeness (QED) is 0.235. The maximum Gasteiger partial charge on any atom is 0.165 e. The molecule has 0 saturated heterocycles. The minimum atomic E-state index is 0.634. The number of rotatable bonds is 4. The average Bonchev–Trinajstić information content (AvgIpc) is 3.40. The van der Waals surface area contributed by atoms with Gasteiger partial charge in [0, 0.05) is 36.9 Å². The average molecular weight is 517 g/mol. The molecule has 39 heavy (non-hydrogen) atoms. The third-order valence-corrected chi connectivity index (χ3v) is 7.99. The first kappa shape index (κ1) is 23.0. The minimum absolute atomic E-state index is 0.634. The van der Waals surface area contributed by atoms with Crippen LogP contribution in [0.15, 0.2) is 121 Å². The second-order valence-electron chi connectivity index (χ2n) is 9.23. The highest BCUT2D eigenvalue weighted by Crippen LogP contribution is 2.42. The second kappa shape index (κ2) is 9.60. The van der Waals surface area contributed by atoms with E-state index in [1.54, 1.807) is 11.3 Å². The lowest BCUT2D eigenvalue weighted by Gasteiger charge is -2.11. The van der Waals surface area contributed by atoms with Crippen LogP contribution in [0.1, 0.15) is 5.56 Å². The first-order chi connectivity index (χ1) is 19.3. The fourth-order valence-corrected chi connectivity index (χ4v) is 6.02. The van der Waals surface area contributed by atoms with E-state index < -0.39 is 0 Å². The van der Waals surface area contributed by atoms with Gasteiger partial charge in [-0.3, -0.25) is 0 Å². The van der Waals surface area contributed by atoms with Gasteiger partial charge in [0.15, 0.2) is 17.5 Å². The Hall–Kier alpha value is -5.18. The summed E-state index contributed by atoms with van der Waals surface area (Å²) in [6.07, 6.45) is 0. The fraction of sp³-hybridized carbons (Fsp3) is 0. The molecule has 0 spiro atoms. The van der Waals surface area contributed by atoms with Crippen molar-refractivity contribution in [3.8, 4) is 51.4 Å². The van der Waals surface area contributed by atoms with Crippen LogP contribution in [0.25, 0.3) is 65.5 Å². The molecule has 0 unspecified atom stereocenters. The Morgan fingerprint density at radius 2 is 1.10 bits per heavy atom. The Morgan fingerprint density at radius 3 is 1.74 bits per heavy atom. The van der Waals surface area contributed by atoms with Crippen molar-refractivity contribution in [2.75, 3.05) is 0 Å². The summed E-state index contributed by atoms with van der Waals surface area (Å²) in [7, 11) is 0. The highest BCUT2D eigenvalue weighted by Gasteiger charge is 2.18.